The van der Waals surface area contributed by atoms with Crippen molar-refractivity contribution in [3.05, 3.63) is 59.7 Å². The molecular weight excluding hydrogens is 474 g/mol. The van der Waals surface area contributed by atoms with Crippen LogP contribution in [0.25, 0.3) is 0 Å². The monoisotopic (exact) mass is 511 g/mol. The number of amides is 3. The maximum absolute atomic E-state index is 13.3. The molecule has 3 amide bonds. The van der Waals surface area contributed by atoms with Crippen LogP contribution in [0.5, 0.6) is 11.5 Å². The Morgan fingerprint density at radius 1 is 0.784 bits per heavy atom. The van der Waals surface area contributed by atoms with Gasteiger partial charge in [0.05, 0.1) is 6.04 Å². The van der Waals surface area contributed by atoms with E-state index in [-0.39, 0.29) is 42.6 Å². The third kappa shape index (κ3) is 10.3. The predicted molar refractivity (Wildman–Crippen MR) is 140 cm³/mol. The Morgan fingerprint density at radius 3 is 1.78 bits per heavy atom. The molecule has 37 heavy (non-hydrogen) atoms. The summed E-state index contributed by atoms with van der Waals surface area (Å²) < 4.78 is 0. The summed E-state index contributed by atoms with van der Waals surface area (Å²) in [5.41, 5.74) is 1.49. The summed E-state index contributed by atoms with van der Waals surface area (Å²) in [6.07, 6.45) is 2.25. The largest absolute Gasteiger partial charge is 0.508 e. The maximum atomic E-state index is 13.3. The van der Waals surface area contributed by atoms with Crippen molar-refractivity contribution in [1.82, 2.24) is 16.0 Å². The molecule has 9 nitrogen and oxygen atoms in total. The van der Waals surface area contributed by atoms with Gasteiger partial charge in [0, 0.05) is 12.8 Å². The number of carbonyl (C=O) groups excluding carboxylic acids is 4. The summed E-state index contributed by atoms with van der Waals surface area (Å²) in [6, 6.07) is 10.0. The zero-order valence-electron chi connectivity index (χ0n) is 21.6. The van der Waals surface area contributed by atoms with Gasteiger partial charge in [-0.1, -0.05) is 45.0 Å². The Morgan fingerprint density at radius 2 is 1.30 bits per heavy atom. The Hall–Kier alpha value is -3.88. The van der Waals surface area contributed by atoms with Gasteiger partial charge in [-0.2, -0.15) is 0 Å². The highest BCUT2D eigenvalue weighted by atomic mass is 16.3. The second kappa shape index (κ2) is 14.6. The minimum absolute atomic E-state index is 0.0630. The number of benzene rings is 2. The molecule has 5 N–H and O–H groups in total. The molecule has 1 unspecified atom stereocenters. The highest BCUT2D eigenvalue weighted by Gasteiger charge is 2.28. The number of aromatic hydroxyl groups is 2. The molecule has 0 spiro atoms. The maximum Gasteiger partial charge on any atom is 0.243 e. The number of phenolic OH excluding ortho intramolecular Hbond substituents is 2. The lowest BCUT2D eigenvalue weighted by molar-refractivity contribution is -0.133. The van der Waals surface area contributed by atoms with E-state index in [1.807, 2.05) is 20.8 Å². The second-order valence-corrected chi connectivity index (χ2v) is 9.55. The van der Waals surface area contributed by atoms with Gasteiger partial charge in [0.15, 0.2) is 0 Å². The number of rotatable bonds is 14. The lowest BCUT2D eigenvalue weighted by Crippen LogP contribution is -2.56. The Balaban J connectivity index is 2.15. The van der Waals surface area contributed by atoms with Crippen LogP contribution in [0.3, 0.4) is 0 Å². The zero-order chi connectivity index (χ0) is 27.4. The van der Waals surface area contributed by atoms with Crippen LogP contribution < -0.4 is 16.0 Å². The van der Waals surface area contributed by atoms with Crippen molar-refractivity contribution in [2.75, 3.05) is 0 Å². The van der Waals surface area contributed by atoms with Crippen molar-refractivity contribution < 1.29 is 29.4 Å². The van der Waals surface area contributed by atoms with Crippen LogP contribution in [0.2, 0.25) is 0 Å². The van der Waals surface area contributed by atoms with Crippen molar-refractivity contribution in [2.24, 2.45) is 5.92 Å². The first-order valence-electron chi connectivity index (χ1n) is 12.5. The standard InChI is InChI=1S/C28H37N3O6/c1-4-5-26(35)30-25(16-20-8-12-23(34)13-9-20)28(37)31-24(14-18(2)3)27(36)29-21(17-32)15-19-6-10-22(33)11-7-19/h6-13,17-18,21,24-25,33-34H,4-5,14-16H2,1-3H3,(H,29,36)(H,30,35)(H,31,37)/t21?,24-,25-/m0/s1. The number of phenols is 2. The molecule has 0 aliphatic carbocycles. The molecule has 2 aromatic rings. The molecule has 200 valence electrons. The molecular formula is C28H37N3O6. The summed E-state index contributed by atoms with van der Waals surface area (Å²) in [6.45, 7) is 5.69. The Labute approximate surface area is 217 Å². The molecule has 0 radical (unpaired) electrons. The van der Waals surface area contributed by atoms with Crippen molar-refractivity contribution in [1.29, 1.82) is 0 Å². The van der Waals surface area contributed by atoms with Crippen molar-refractivity contribution >= 4 is 24.0 Å². The van der Waals surface area contributed by atoms with Crippen molar-refractivity contribution in [3.8, 4) is 11.5 Å². The van der Waals surface area contributed by atoms with E-state index in [1.54, 1.807) is 24.3 Å². The first kappa shape index (κ1) is 29.4. The third-order valence-corrected chi connectivity index (χ3v) is 5.73. The average Bonchev–Trinajstić information content (AvgIpc) is 2.85. The first-order chi connectivity index (χ1) is 17.6. The van der Waals surface area contributed by atoms with E-state index in [4.69, 9.17) is 0 Å². The molecule has 0 bridgehead atoms. The fourth-order valence-electron chi connectivity index (χ4n) is 3.85. The van der Waals surface area contributed by atoms with Gasteiger partial charge < -0.3 is 31.0 Å². The average molecular weight is 512 g/mol. The highest BCUT2D eigenvalue weighted by molar-refractivity contribution is 5.93. The molecule has 0 saturated heterocycles. The minimum Gasteiger partial charge on any atom is -0.508 e. The van der Waals surface area contributed by atoms with Gasteiger partial charge >= 0.3 is 0 Å². The normalized spacial score (nSPS) is 13.3. The number of hydrogen-bond donors (Lipinski definition) is 5. The fraction of sp³-hybridized carbons (Fsp3) is 0.429. The molecule has 0 saturated carbocycles. The highest BCUT2D eigenvalue weighted by Crippen LogP contribution is 2.14. The molecule has 0 heterocycles. The molecule has 0 aromatic heterocycles. The summed E-state index contributed by atoms with van der Waals surface area (Å²) >= 11 is 0. The van der Waals surface area contributed by atoms with E-state index in [2.05, 4.69) is 16.0 Å². The molecule has 0 aliphatic rings. The van der Waals surface area contributed by atoms with Crippen LogP contribution in [-0.4, -0.2) is 52.3 Å². The van der Waals surface area contributed by atoms with Crippen LogP contribution in [0.4, 0.5) is 0 Å². The van der Waals surface area contributed by atoms with E-state index in [9.17, 15) is 29.4 Å². The number of carbonyl (C=O) groups is 4. The SMILES string of the molecule is CCCC(=O)N[C@@H](Cc1ccc(O)cc1)C(=O)N[C@@H](CC(C)C)C(=O)NC(C=O)Cc1ccc(O)cc1. The van der Waals surface area contributed by atoms with E-state index < -0.39 is 29.9 Å². The fourth-order valence-corrected chi connectivity index (χ4v) is 3.85. The van der Waals surface area contributed by atoms with Gasteiger partial charge in [-0.25, -0.2) is 0 Å². The zero-order valence-corrected chi connectivity index (χ0v) is 21.6. The predicted octanol–water partition coefficient (Wildman–Crippen LogP) is 2.38. The number of hydrogen-bond acceptors (Lipinski definition) is 6. The van der Waals surface area contributed by atoms with Gasteiger partial charge in [0.25, 0.3) is 0 Å². The summed E-state index contributed by atoms with van der Waals surface area (Å²) in [5, 5.41) is 27.2. The first-order valence-corrected chi connectivity index (χ1v) is 12.5. The second-order valence-electron chi connectivity index (χ2n) is 9.55. The van der Waals surface area contributed by atoms with E-state index >= 15 is 0 Å². The van der Waals surface area contributed by atoms with Crippen molar-refractivity contribution in [2.45, 2.75) is 71.0 Å². The van der Waals surface area contributed by atoms with Crippen LogP contribution >= 0.6 is 0 Å². The van der Waals surface area contributed by atoms with Gasteiger partial charge in [0.2, 0.25) is 17.7 Å². The van der Waals surface area contributed by atoms with Gasteiger partial charge in [-0.05, 0) is 60.6 Å². The molecule has 0 fully saturated rings. The van der Waals surface area contributed by atoms with Gasteiger partial charge in [0.1, 0.15) is 29.9 Å². The number of nitrogens with one attached hydrogen (secondary N) is 3. The molecule has 2 rings (SSSR count). The van der Waals surface area contributed by atoms with E-state index in [0.29, 0.717) is 19.1 Å². The lowest BCUT2D eigenvalue weighted by Gasteiger charge is -2.25. The summed E-state index contributed by atoms with van der Waals surface area (Å²) in [5.74, 6) is -1.04. The quantitative estimate of drug-likeness (QED) is 0.246. The molecule has 2 aromatic carbocycles. The van der Waals surface area contributed by atoms with Gasteiger partial charge in [-0.15, -0.1) is 0 Å². The topological polar surface area (TPSA) is 145 Å². The van der Waals surface area contributed by atoms with Gasteiger partial charge in [-0.3, -0.25) is 14.4 Å². The molecule has 0 aliphatic heterocycles. The Bertz CT molecular complexity index is 1040. The summed E-state index contributed by atoms with van der Waals surface area (Å²) in [7, 11) is 0. The Kier molecular flexibility index (Phi) is 11.6. The third-order valence-electron chi connectivity index (χ3n) is 5.73. The molecule has 3 atom stereocenters. The van der Waals surface area contributed by atoms with E-state index in [1.165, 1.54) is 24.3 Å². The summed E-state index contributed by atoms with van der Waals surface area (Å²) in [4.78, 5) is 50.4. The van der Waals surface area contributed by atoms with Crippen LogP contribution in [0, 0.1) is 5.92 Å². The molecule has 9 heteroatoms. The van der Waals surface area contributed by atoms with Crippen LogP contribution in [-0.2, 0) is 32.0 Å². The van der Waals surface area contributed by atoms with Crippen LogP contribution in [0.1, 0.15) is 51.2 Å². The minimum atomic E-state index is -0.926. The van der Waals surface area contributed by atoms with Crippen LogP contribution in [0.15, 0.2) is 48.5 Å². The van der Waals surface area contributed by atoms with Crippen molar-refractivity contribution in [3.63, 3.8) is 0 Å². The smallest absolute Gasteiger partial charge is 0.243 e. The van der Waals surface area contributed by atoms with E-state index in [0.717, 1.165) is 11.1 Å². The number of aldehydes is 1. The lowest BCUT2D eigenvalue weighted by atomic mass is 10.00.